The number of anilines is 1. The van der Waals surface area contributed by atoms with Crippen molar-refractivity contribution in [1.82, 2.24) is 5.16 Å². The minimum atomic E-state index is -4.70. The lowest BCUT2D eigenvalue weighted by molar-refractivity contribution is -0.155. The van der Waals surface area contributed by atoms with Crippen molar-refractivity contribution >= 4 is 15.7 Å². The lowest BCUT2D eigenvalue weighted by atomic mass is 10.1. The molecule has 0 saturated carbocycles. The average Bonchev–Trinajstić information content (AvgIpc) is 3.24. The van der Waals surface area contributed by atoms with E-state index in [2.05, 4.69) is 14.4 Å². The van der Waals surface area contributed by atoms with Crippen molar-refractivity contribution in [3.8, 4) is 11.5 Å². The minimum absolute atomic E-state index is 0.159. The van der Waals surface area contributed by atoms with Crippen LogP contribution in [0, 0.1) is 0 Å². The summed E-state index contributed by atoms with van der Waals surface area (Å²) in [5.41, 5.74) is 0.927. The first kappa shape index (κ1) is 18.1. The number of nitrogens with one attached hydrogen (secondary N) is 1. The molecule has 2 heterocycles. The van der Waals surface area contributed by atoms with Crippen molar-refractivity contribution in [3.05, 3.63) is 53.8 Å². The van der Waals surface area contributed by atoms with Gasteiger partial charge < -0.3 is 8.94 Å². The number of hydrogen-bond acceptors (Lipinski definition) is 5. The predicted octanol–water partition coefficient (Wildman–Crippen LogP) is 4.32. The Morgan fingerprint density at radius 3 is 2.54 bits per heavy atom. The van der Waals surface area contributed by atoms with Crippen molar-refractivity contribution in [3.63, 3.8) is 0 Å². The topological polar surface area (TPSA) is 85.3 Å². The zero-order valence-electron chi connectivity index (χ0n) is 13.4. The maximum absolute atomic E-state index is 12.6. The summed E-state index contributed by atoms with van der Waals surface area (Å²) in [6, 6.07) is 9.82. The first-order chi connectivity index (χ1) is 12.2. The van der Waals surface area contributed by atoms with Crippen LogP contribution in [-0.2, 0) is 22.6 Å². The molecule has 10 heteroatoms. The first-order valence-electron chi connectivity index (χ1n) is 7.45. The molecular formula is C16H13F3N2O4S. The molecule has 6 nitrogen and oxygen atoms in total. The number of benzene rings is 1. The number of nitrogens with zero attached hydrogens (tertiary/aromatic N) is 1. The van der Waals surface area contributed by atoms with Gasteiger partial charge in [0.15, 0.2) is 5.76 Å². The molecule has 0 amide bonds. The largest absolute Gasteiger partial charge is 0.452 e. The van der Waals surface area contributed by atoms with Gasteiger partial charge in [0, 0.05) is 6.07 Å². The van der Waals surface area contributed by atoms with E-state index in [1.807, 2.05) is 6.92 Å². The summed E-state index contributed by atoms with van der Waals surface area (Å²) in [5, 5.41) is 2.81. The van der Waals surface area contributed by atoms with Gasteiger partial charge in [0.2, 0.25) is 10.9 Å². The van der Waals surface area contributed by atoms with E-state index in [1.165, 1.54) is 6.07 Å². The Hall–Kier alpha value is -2.75. The number of hydrogen-bond donors (Lipinski definition) is 1. The number of halogens is 3. The molecule has 3 rings (SSSR count). The SMILES string of the molecule is CCc1ccccc1NS(=O)(=O)c1ccc(-c2cc(C(F)(F)F)on2)o1. The lowest BCUT2D eigenvalue weighted by Crippen LogP contribution is -2.13. The number of para-hydroxylation sites is 1. The molecule has 0 atom stereocenters. The zero-order valence-corrected chi connectivity index (χ0v) is 14.2. The summed E-state index contributed by atoms with van der Waals surface area (Å²) in [5.74, 6) is -1.46. The number of aryl methyl sites for hydroxylation is 1. The van der Waals surface area contributed by atoms with Gasteiger partial charge in [-0.05, 0) is 30.2 Å². The van der Waals surface area contributed by atoms with Gasteiger partial charge in [0.1, 0.15) is 5.69 Å². The van der Waals surface area contributed by atoms with Gasteiger partial charge in [-0.2, -0.15) is 21.6 Å². The summed E-state index contributed by atoms with van der Waals surface area (Å²) in [7, 11) is -4.05. The molecule has 0 aliphatic heterocycles. The summed E-state index contributed by atoms with van der Waals surface area (Å²) >= 11 is 0. The third kappa shape index (κ3) is 3.59. The van der Waals surface area contributed by atoms with Gasteiger partial charge in [0.05, 0.1) is 5.69 Å². The van der Waals surface area contributed by atoms with Crippen molar-refractivity contribution in [2.45, 2.75) is 24.6 Å². The van der Waals surface area contributed by atoms with Crippen LogP contribution in [0.15, 0.2) is 56.5 Å². The number of aromatic nitrogens is 1. The second-order valence-electron chi connectivity index (χ2n) is 5.31. The Balaban J connectivity index is 1.88. The fourth-order valence-corrected chi connectivity index (χ4v) is 3.29. The van der Waals surface area contributed by atoms with E-state index in [1.54, 1.807) is 24.3 Å². The fourth-order valence-electron chi connectivity index (χ4n) is 2.25. The minimum Gasteiger partial charge on any atom is -0.441 e. The van der Waals surface area contributed by atoms with Crippen LogP contribution in [0.5, 0.6) is 0 Å². The molecule has 1 aromatic carbocycles. The Morgan fingerprint density at radius 2 is 1.88 bits per heavy atom. The highest BCUT2D eigenvalue weighted by molar-refractivity contribution is 7.92. The van der Waals surface area contributed by atoms with E-state index in [9.17, 15) is 21.6 Å². The highest BCUT2D eigenvalue weighted by Gasteiger charge is 2.36. The number of rotatable bonds is 5. The maximum Gasteiger partial charge on any atom is 0.452 e. The molecule has 26 heavy (non-hydrogen) atoms. The standard InChI is InChI=1S/C16H13F3N2O4S/c1-2-10-5-3-4-6-11(10)21-26(22,23)15-8-7-13(24-15)12-9-14(25-20-12)16(17,18)19/h3-9,21H,2H2,1H3. The van der Waals surface area contributed by atoms with Gasteiger partial charge in [-0.1, -0.05) is 30.3 Å². The van der Waals surface area contributed by atoms with Crippen LogP contribution in [0.25, 0.3) is 11.5 Å². The smallest absolute Gasteiger partial charge is 0.441 e. The summed E-state index contributed by atoms with van der Waals surface area (Å²) in [6.07, 6.45) is -4.08. The molecule has 2 aromatic heterocycles. The maximum atomic E-state index is 12.6. The van der Waals surface area contributed by atoms with Crippen LogP contribution >= 0.6 is 0 Å². The second-order valence-corrected chi connectivity index (χ2v) is 6.92. The second kappa shape index (κ2) is 6.52. The molecule has 0 spiro atoms. The van der Waals surface area contributed by atoms with Gasteiger partial charge >= 0.3 is 6.18 Å². The summed E-state index contributed by atoms with van der Waals surface area (Å²) in [4.78, 5) is 0. The zero-order chi connectivity index (χ0) is 18.9. The molecule has 0 radical (unpaired) electrons. The van der Waals surface area contributed by atoms with E-state index >= 15 is 0 Å². The van der Waals surface area contributed by atoms with Crippen molar-refractivity contribution in [1.29, 1.82) is 0 Å². The molecular weight excluding hydrogens is 373 g/mol. The first-order valence-corrected chi connectivity index (χ1v) is 8.94. The van der Waals surface area contributed by atoms with Crippen LogP contribution in [0.4, 0.5) is 18.9 Å². The molecule has 138 valence electrons. The van der Waals surface area contributed by atoms with Crippen LogP contribution in [0.3, 0.4) is 0 Å². The van der Waals surface area contributed by atoms with E-state index in [-0.39, 0.29) is 11.5 Å². The molecule has 0 bridgehead atoms. The Bertz CT molecular complexity index is 1020. The molecule has 0 fully saturated rings. The third-order valence-corrected chi connectivity index (χ3v) is 4.77. The van der Waals surface area contributed by atoms with Gasteiger partial charge in [-0.3, -0.25) is 4.72 Å². The quantitative estimate of drug-likeness (QED) is 0.706. The Morgan fingerprint density at radius 1 is 1.15 bits per heavy atom. The predicted molar refractivity (Wildman–Crippen MR) is 85.8 cm³/mol. The van der Waals surface area contributed by atoms with Crippen LogP contribution in [0.2, 0.25) is 0 Å². The lowest BCUT2D eigenvalue weighted by Gasteiger charge is -2.09. The summed E-state index contributed by atoms with van der Waals surface area (Å²) < 4.78 is 74.3. The highest BCUT2D eigenvalue weighted by atomic mass is 32.2. The molecule has 0 aliphatic rings. The van der Waals surface area contributed by atoms with Gasteiger partial charge in [-0.15, -0.1) is 0 Å². The number of alkyl halides is 3. The molecule has 0 saturated heterocycles. The average molecular weight is 386 g/mol. The monoisotopic (exact) mass is 386 g/mol. The van der Waals surface area contributed by atoms with E-state index in [4.69, 9.17) is 4.42 Å². The highest BCUT2D eigenvalue weighted by Crippen LogP contribution is 2.33. The van der Waals surface area contributed by atoms with Crippen LogP contribution < -0.4 is 4.72 Å². The molecule has 3 aromatic rings. The fraction of sp³-hybridized carbons (Fsp3) is 0.188. The van der Waals surface area contributed by atoms with Gasteiger partial charge in [-0.25, -0.2) is 0 Å². The van der Waals surface area contributed by atoms with Crippen molar-refractivity contribution in [2.75, 3.05) is 4.72 Å². The van der Waals surface area contributed by atoms with E-state index < -0.39 is 27.1 Å². The molecule has 0 aliphatic carbocycles. The molecule has 0 unspecified atom stereocenters. The Labute approximate surface area is 146 Å². The van der Waals surface area contributed by atoms with E-state index in [0.29, 0.717) is 18.2 Å². The van der Waals surface area contributed by atoms with Gasteiger partial charge in [0.25, 0.3) is 10.0 Å². The van der Waals surface area contributed by atoms with Crippen LogP contribution in [-0.4, -0.2) is 13.6 Å². The number of sulfonamides is 1. The third-order valence-electron chi connectivity index (χ3n) is 3.53. The molecule has 1 N–H and O–H groups in total. The summed E-state index contributed by atoms with van der Waals surface area (Å²) in [6.45, 7) is 1.88. The normalized spacial score (nSPS) is 12.3. The number of furan rings is 1. The van der Waals surface area contributed by atoms with Crippen molar-refractivity contribution < 1.29 is 30.5 Å². The Kier molecular flexibility index (Phi) is 4.53. The van der Waals surface area contributed by atoms with Crippen LogP contribution in [0.1, 0.15) is 18.2 Å². The van der Waals surface area contributed by atoms with Crippen molar-refractivity contribution in [2.24, 2.45) is 0 Å². The van der Waals surface area contributed by atoms with E-state index in [0.717, 1.165) is 11.6 Å².